The summed E-state index contributed by atoms with van der Waals surface area (Å²) >= 11 is 1.61. The van der Waals surface area contributed by atoms with Crippen LogP contribution in [0.4, 0.5) is 0 Å². The monoisotopic (exact) mass is 322 g/mol. The number of thioether (sulfide) groups is 1. The Labute approximate surface area is 137 Å². The predicted molar refractivity (Wildman–Crippen MR) is 91.6 cm³/mol. The van der Waals surface area contributed by atoms with Crippen LogP contribution in [0.1, 0.15) is 19.8 Å². The molecule has 2 rings (SSSR count). The van der Waals surface area contributed by atoms with Crippen LogP contribution < -0.4 is 4.74 Å². The fourth-order valence-electron chi connectivity index (χ4n) is 2.76. The first-order valence-corrected chi connectivity index (χ1v) is 8.65. The minimum atomic E-state index is -0.0712. The first-order chi connectivity index (χ1) is 10.5. The minimum absolute atomic E-state index is 0.0712. The Morgan fingerprint density at radius 2 is 1.91 bits per heavy atom. The van der Waals surface area contributed by atoms with Gasteiger partial charge in [0.2, 0.25) is 5.91 Å². The van der Waals surface area contributed by atoms with Crippen LogP contribution in [0.25, 0.3) is 0 Å². The molecule has 1 atom stereocenters. The molecule has 1 amide bonds. The number of hydrogen-bond acceptors (Lipinski definition) is 4. The van der Waals surface area contributed by atoms with Crippen molar-refractivity contribution in [2.45, 2.75) is 36.0 Å². The van der Waals surface area contributed by atoms with Crippen molar-refractivity contribution in [3.8, 4) is 5.75 Å². The second-order valence-electron chi connectivity index (χ2n) is 5.92. The molecule has 0 aliphatic carbocycles. The van der Waals surface area contributed by atoms with Crippen molar-refractivity contribution in [1.29, 1.82) is 0 Å². The summed E-state index contributed by atoms with van der Waals surface area (Å²) in [6.45, 7) is 4.13. The highest BCUT2D eigenvalue weighted by Gasteiger charge is 2.27. The molecule has 0 spiro atoms. The molecule has 1 saturated heterocycles. The molecule has 1 aliphatic rings. The fourth-order valence-corrected chi connectivity index (χ4v) is 3.73. The smallest absolute Gasteiger partial charge is 0.235 e. The summed E-state index contributed by atoms with van der Waals surface area (Å²) < 4.78 is 5.16. The summed E-state index contributed by atoms with van der Waals surface area (Å²) in [6, 6.07) is 8.24. The van der Waals surface area contributed by atoms with E-state index in [-0.39, 0.29) is 11.2 Å². The van der Waals surface area contributed by atoms with E-state index in [0.717, 1.165) is 36.6 Å². The maximum Gasteiger partial charge on any atom is 0.235 e. The number of rotatable bonds is 5. The maximum absolute atomic E-state index is 12.6. The zero-order chi connectivity index (χ0) is 16.1. The average Bonchev–Trinajstić information content (AvgIpc) is 2.55. The molecule has 0 N–H and O–H groups in total. The Morgan fingerprint density at radius 3 is 2.45 bits per heavy atom. The molecule has 0 unspecified atom stereocenters. The molecule has 22 heavy (non-hydrogen) atoms. The van der Waals surface area contributed by atoms with Crippen LogP contribution in [0.15, 0.2) is 29.2 Å². The van der Waals surface area contributed by atoms with Gasteiger partial charge in [0.15, 0.2) is 0 Å². The van der Waals surface area contributed by atoms with Gasteiger partial charge in [-0.2, -0.15) is 0 Å². The number of carbonyl (C=O) groups excluding carboxylic acids is 1. The average molecular weight is 322 g/mol. The van der Waals surface area contributed by atoms with Crippen molar-refractivity contribution in [2.75, 3.05) is 34.3 Å². The van der Waals surface area contributed by atoms with Gasteiger partial charge in [-0.1, -0.05) is 0 Å². The van der Waals surface area contributed by atoms with Crippen molar-refractivity contribution >= 4 is 17.7 Å². The molecule has 1 fully saturated rings. The van der Waals surface area contributed by atoms with Crippen molar-refractivity contribution in [1.82, 2.24) is 9.80 Å². The van der Waals surface area contributed by atoms with Crippen LogP contribution in [-0.2, 0) is 4.79 Å². The molecule has 0 aromatic heterocycles. The largest absolute Gasteiger partial charge is 0.497 e. The highest BCUT2D eigenvalue weighted by atomic mass is 32.2. The van der Waals surface area contributed by atoms with Crippen molar-refractivity contribution in [3.05, 3.63) is 24.3 Å². The number of methoxy groups -OCH3 is 1. The van der Waals surface area contributed by atoms with Crippen molar-refractivity contribution in [2.24, 2.45) is 0 Å². The molecule has 122 valence electrons. The summed E-state index contributed by atoms with van der Waals surface area (Å²) in [5.74, 6) is 1.06. The van der Waals surface area contributed by atoms with Gasteiger partial charge in [0.05, 0.1) is 12.4 Å². The number of nitrogens with zero attached hydrogens (tertiary/aromatic N) is 2. The minimum Gasteiger partial charge on any atom is -0.497 e. The summed E-state index contributed by atoms with van der Waals surface area (Å²) in [4.78, 5) is 18.0. The fraction of sp³-hybridized carbons (Fsp3) is 0.588. The number of carbonyl (C=O) groups is 1. The number of benzene rings is 1. The van der Waals surface area contributed by atoms with Gasteiger partial charge < -0.3 is 14.5 Å². The van der Waals surface area contributed by atoms with E-state index < -0.39 is 0 Å². The second-order valence-corrected chi connectivity index (χ2v) is 7.33. The molecule has 0 saturated carbocycles. The summed E-state index contributed by atoms with van der Waals surface area (Å²) in [5, 5.41) is -0.0712. The molecule has 0 radical (unpaired) electrons. The van der Waals surface area contributed by atoms with E-state index in [2.05, 4.69) is 11.9 Å². The lowest BCUT2D eigenvalue weighted by Crippen LogP contribution is -2.46. The zero-order valence-corrected chi connectivity index (χ0v) is 14.7. The SMILES string of the molecule is COc1ccc(S[C@@H](C)C(=O)N(C)C2CCN(C)CC2)cc1. The lowest BCUT2D eigenvalue weighted by molar-refractivity contribution is -0.131. The third kappa shape index (κ3) is 4.40. The van der Waals surface area contributed by atoms with Gasteiger partial charge in [-0.15, -0.1) is 11.8 Å². The first-order valence-electron chi connectivity index (χ1n) is 7.77. The van der Waals surface area contributed by atoms with Gasteiger partial charge >= 0.3 is 0 Å². The van der Waals surface area contributed by atoms with Gasteiger partial charge in [-0.3, -0.25) is 4.79 Å². The molecule has 4 nitrogen and oxygen atoms in total. The van der Waals surface area contributed by atoms with E-state index in [1.165, 1.54) is 0 Å². The highest BCUT2D eigenvalue weighted by molar-refractivity contribution is 8.00. The van der Waals surface area contributed by atoms with Crippen LogP contribution in [0.3, 0.4) is 0 Å². The van der Waals surface area contributed by atoms with E-state index in [4.69, 9.17) is 4.74 Å². The van der Waals surface area contributed by atoms with E-state index in [9.17, 15) is 4.79 Å². The molecule has 5 heteroatoms. The Balaban J connectivity index is 1.90. The van der Waals surface area contributed by atoms with E-state index in [0.29, 0.717) is 6.04 Å². The standard InChI is InChI=1S/C17H26N2O2S/c1-13(22-16-7-5-15(21-4)6-8-16)17(20)19(3)14-9-11-18(2)12-10-14/h5-8,13-14H,9-12H2,1-4H3/t13-/m0/s1. The topological polar surface area (TPSA) is 32.8 Å². The number of amides is 1. The van der Waals surface area contributed by atoms with Gasteiger partial charge in [-0.05, 0) is 64.2 Å². The van der Waals surface area contributed by atoms with Crippen LogP contribution in [0, 0.1) is 0 Å². The summed E-state index contributed by atoms with van der Waals surface area (Å²) in [7, 11) is 5.74. The summed E-state index contributed by atoms with van der Waals surface area (Å²) in [5.41, 5.74) is 0. The third-order valence-electron chi connectivity index (χ3n) is 4.30. The van der Waals surface area contributed by atoms with Crippen molar-refractivity contribution < 1.29 is 9.53 Å². The lowest BCUT2D eigenvalue weighted by atomic mass is 10.0. The van der Waals surface area contributed by atoms with Gasteiger partial charge in [0.25, 0.3) is 0 Å². The predicted octanol–water partition coefficient (Wildman–Crippen LogP) is 2.73. The lowest BCUT2D eigenvalue weighted by Gasteiger charge is -2.36. The van der Waals surface area contributed by atoms with Gasteiger partial charge in [-0.25, -0.2) is 0 Å². The molecule has 1 aliphatic heterocycles. The van der Waals surface area contributed by atoms with Gasteiger partial charge in [0.1, 0.15) is 5.75 Å². The Bertz CT molecular complexity index is 484. The molecule has 1 aromatic rings. The normalized spacial score (nSPS) is 18.0. The first kappa shape index (κ1) is 17.2. The van der Waals surface area contributed by atoms with Crippen molar-refractivity contribution in [3.63, 3.8) is 0 Å². The van der Waals surface area contributed by atoms with Gasteiger partial charge in [0, 0.05) is 18.0 Å². The highest BCUT2D eigenvalue weighted by Crippen LogP contribution is 2.27. The number of hydrogen-bond donors (Lipinski definition) is 0. The Hall–Kier alpha value is -1.20. The summed E-state index contributed by atoms with van der Waals surface area (Å²) in [6.07, 6.45) is 2.14. The Kier molecular flexibility index (Phi) is 6.15. The maximum atomic E-state index is 12.6. The molecule has 1 heterocycles. The number of likely N-dealkylation sites (tertiary alicyclic amines) is 1. The zero-order valence-electron chi connectivity index (χ0n) is 13.9. The van der Waals surface area contributed by atoms with Crippen LogP contribution in [0.2, 0.25) is 0 Å². The van der Waals surface area contributed by atoms with Crippen LogP contribution >= 0.6 is 11.8 Å². The van der Waals surface area contributed by atoms with Crippen LogP contribution in [0.5, 0.6) is 5.75 Å². The molecule has 0 bridgehead atoms. The quantitative estimate of drug-likeness (QED) is 0.781. The van der Waals surface area contributed by atoms with E-state index >= 15 is 0 Å². The number of ether oxygens (including phenoxy) is 1. The third-order valence-corrected chi connectivity index (χ3v) is 5.40. The van der Waals surface area contributed by atoms with E-state index in [1.54, 1.807) is 18.9 Å². The molecular weight excluding hydrogens is 296 g/mol. The van der Waals surface area contributed by atoms with Crippen LogP contribution in [-0.4, -0.2) is 61.3 Å². The number of piperidine rings is 1. The molecular formula is C17H26N2O2S. The second kappa shape index (κ2) is 7.88. The Morgan fingerprint density at radius 1 is 1.32 bits per heavy atom. The molecule has 1 aromatic carbocycles. The van der Waals surface area contributed by atoms with E-state index in [1.807, 2.05) is 43.1 Å².